The van der Waals surface area contributed by atoms with Gasteiger partial charge < -0.3 is 14.8 Å². The number of nitrogens with zero attached hydrogens (tertiary/aromatic N) is 3. The molecule has 1 fully saturated rings. The Kier molecular flexibility index (Phi) is 5.30. The van der Waals surface area contributed by atoms with E-state index in [9.17, 15) is 4.79 Å². The normalized spacial score (nSPS) is 18.1. The van der Waals surface area contributed by atoms with E-state index >= 15 is 0 Å². The van der Waals surface area contributed by atoms with Crippen molar-refractivity contribution in [3.8, 4) is 0 Å². The van der Waals surface area contributed by atoms with Crippen LogP contribution < -0.4 is 0 Å². The fourth-order valence-corrected chi connectivity index (χ4v) is 3.31. The molecular weight excluding hydrogens is 300 g/mol. The third-order valence-electron chi connectivity index (χ3n) is 4.81. The van der Waals surface area contributed by atoms with Crippen LogP contribution in [0.2, 0.25) is 0 Å². The fourth-order valence-electron chi connectivity index (χ4n) is 3.31. The highest BCUT2D eigenvalue weighted by atomic mass is 16.2. The van der Waals surface area contributed by atoms with Crippen molar-refractivity contribution in [1.82, 2.24) is 19.8 Å². The molecule has 24 heavy (non-hydrogen) atoms. The van der Waals surface area contributed by atoms with Gasteiger partial charge in [0, 0.05) is 50.2 Å². The van der Waals surface area contributed by atoms with Crippen LogP contribution in [0.4, 0.5) is 0 Å². The number of H-pyrrole nitrogens is 1. The number of piperidine rings is 1. The smallest absolute Gasteiger partial charge is 0.270 e. The van der Waals surface area contributed by atoms with E-state index < -0.39 is 0 Å². The summed E-state index contributed by atoms with van der Waals surface area (Å²) >= 11 is 0. The maximum absolute atomic E-state index is 12.6. The Bertz CT molecular complexity index is 667. The van der Waals surface area contributed by atoms with Gasteiger partial charge >= 0.3 is 0 Å². The second kappa shape index (κ2) is 7.62. The minimum atomic E-state index is 0.117. The molecule has 1 aliphatic rings. The van der Waals surface area contributed by atoms with Gasteiger partial charge in [-0.2, -0.15) is 0 Å². The van der Waals surface area contributed by atoms with E-state index in [1.165, 1.54) is 0 Å². The molecule has 1 unspecified atom stereocenters. The summed E-state index contributed by atoms with van der Waals surface area (Å²) in [6.45, 7) is 4.61. The number of aryl methyl sites for hydroxylation is 1. The van der Waals surface area contributed by atoms with Crippen LogP contribution >= 0.6 is 0 Å². The van der Waals surface area contributed by atoms with Gasteiger partial charge in [0.25, 0.3) is 5.91 Å². The maximum Gasteiger partial charge on any atom is 0.270 e. The lowest BCUT2D eigenvalue weighted by molar-refractivity contribution is 0.0606. The van der Waals surface area contributed by atoms with Gasteiger partial charge in [0.1, 0.15) is 5.69 Å². The lowest BCUT2D eigenvalue weighted by Gasteiger charge is -2.37. The van der Waals surface area contributed by atoms with Gasteiger partial charge in [0.15, 0.2) is 0 Å². The van der Waals surface area contributed by atoms with Gasteiger partial charge in [0.05, 0.1) is 0 Å². The number of pyridine rings is 1. The van der Waals surface area contributed by atoms with Gasteiger partial charge in [-0.3, -0.25) is 9.78 Å². The zero-order chi connectivity index (χ0) is 16.9. The minimum absolute atomic E-state index is 0.117. The predicted octanol–water partition coefficient (Wildman–Crippen LogP) is 2.50. The van der Waals surface area contributed by atoms with E-state index in [1.54, 1.807) is 0 Å². The number of aromatic nitrogens is 2. The van der Waals surface area contributed by atoms with Crippen molar-refractivity contribution in [2.24, 2.45) is 0 Å². The van der Waals surface area contributed by atoms with E-state index in [0.717, 1.165) is 50.2 Å². The average Bonchev–Trinajstić information content (AvgIpc) is 3.06. The second-order valence-corrected chi connectivity index (χ2v) is 6.69. The highest BCUT2D eigenvalue weighted by molar-refractivity contribution is 5.92. The lowest BCUT2D eigenvalue weighted by atomic mass is 10.0. The molecule has 0 aliphatic carbocycles. The molecule has 0 aromatic carbocycles. The van der Waals surface area contributed by atoms with Crippen molar-refractivity contribution in [3.05, 3.63) is 53.6 Å². The standard InChI is InChI=1S/C19H26N4O/c1-15-12-18(21-13-15)19(24)23-10-5-7-17(14-23)22(2)11-8-16-6-3-4-9-20-16/h3-4,6,9,12-13,17,21H,5,7-8,10-11,14H2,1-2H3. The molecule has 2 aromatic heterocycles. The maximum atomic E-state index is 12.6. The van der Waals surface area contributed by atoms with Crippen LogP contribution in [0.3, 0.4) is 0 Å². The molecule has 1 N–H and O–H groups in total. The number of hydrogen-bond acceptors (Lipinski definition) is 3. The molecule has 5 heteroatoms. The number of likely N-dealkylation sites (tertiary alicyclic amines) is 1. The van der Waals surface area contributed by atoms with Crippen LogP contribution in [-0.2, 0) is 6.42 Å². The van der Waals surface area contributed by atoms with Crippen molar-refractivity contribution < 1.29 is 4.79 Å². The second-order valence-electron chi connectivity index (χ2n) is 6.69. The van der Waals surface area contributed by atoms with Gasteiger partial charge in [-0.25, -0.2) is 0 Å². The number of aromatic amines is 1. The Labute approximate surface area is 143 Å². The summed E-state index contributed by atoms with van der Waals surface area (Å²) in [6, 6.07) is 8.39. The van der Waals surface area contributed by atoms with Crippen LogP contribution in [0.25, 0.3) is 0 Å². The first-order chi connectivity index (χ1) is 11.6. The molecular formula is C19H26N4O. The van der Waals surface area contributed by atoms with E-state index in [4.69, 9.17) is 0 Å². The van der Waals surface area contributed by atoms with Crippen LogP contribution in [-0.4, -0.2) is 58.4 Å². The first kappa shape index (κ1) is 16.7. The first-order valence-corrected chi connectivity index (χ1v) is 8.68. The number of carbonyl (C=O) groups is 1. The number of amides is 1. The summed E-state index contributed by atoms with van der Waals surface area (Å²) in [4.78, 5) is 24.4. The monoisotopic (exact) mass is 326 g/mol. The van der Waals surface area contributed by atoms with Crippen LogP contribution in [0.15, 0.2) is 36.7 Å². The van der Waals surface area contributed by atoms with E-state index in [-0.39, 0.29) is 5.91 Å². The highest BCUT2D eigenvalue weighted by Crippen LogP contribution is 2.17. The number of likely N-dealkylation sites (N-methyl/N-ethyl adjacent to an activating group) is 1. The Balaban J connectivity index is 1.55. The third-order valence-corrected chi connectivity index (χ3v) is 4.81. The summed E-state index contributed by atoms with van der Waals surface area (Å²) in [5, 5.41) is 0. The Morgan fingerprint density at radius 1 is 1.46 bits per heavy atom. The van der Waals surface area contributed by atoms with Crippen molar-refractivity contribution in [2.45, 2.75) is 32.2 Å². The topological polar surface area (TPSA) is 52.2 Å². The number of nitrogens with one attached hydrogen (secondary N) is 1. The summed E-state index contributed by atoms with van der Waals surface area (Å²) in [5.74, 6) is 0.117. The van der Waals surface area contributed by atoms with Crippen LogP contribution in [0.1, 0.15) is 34.6 Å². The van der Waals surface area contributed by atoms with Gasteiger partial charge in [-0.1, -0.05) is 6.07 Å². The molecule has 0 radical (unpaired) electrons. The zero-order valence-corrected chi connectivity index (χ0v) is 14.5. The SMILES string of the molecule is Cc1c[nH]c(C(=O)N2CCCC(N(C)CCc3ccccn3)C2)c1. The third kappa shape index (κ3) is 4.03. The Morgan fingerprint density at radius 2 is 2.33 bits per heavy atom. The van der Waals surface area contributed by atoms with E-state index in [1.807, 2.05) is 42.4 Å². The number of rotatable bonds is 5. The zero-order valence-electron chi connectivity index (χ0n) is 14.5. The summed E-state index contributed by atoms with van der Waals surface area (Å²) in [5.41, 5.74) is 2.92. The Hall–Kier alpha value is -2.14. The summed E-state index contributed by atoms with van der Waals surface area (Å²) < 4.78 is 0. The largest absolute Gasteiger partial charge is 0.357 e. The number of hydrogen-bond donors (Lipinski definition) is 1. The molecule has 1 aliphatic heterocycles. The van der Waals surface area contributed by atoms with E-state index in [0.29, 0.717) is 11.7 Å². The van der Waals surface area contributed by atoms with Gasteiger partial charge in [-0.05, 0) is 50.6 Å². The van der Waals surface area contributed by atoms with Crippen molar-refractivity contribution in [3.63, 3.8) is 0 Å². The summed E-state index contributed by atoms with van der Waals surface area (Å²) in [6.07, 6.45) is 6.87. The predicted molar refractivity (Wildman–Crippen MR) is 95.0 cm³/mol. The lowest BCUT2D eigenvalue weighted by Crippen LogP contribution is -2.49. The molecule has 0 bridgehead atoms. The molecule has 128 valence electrons. The molecule has 3 rings (SSSR count). The molecule has 0 spiro atoms. The molecule has 1 atom stereocenters. The Morgan fingerprint density at radius 3 is 3.04 bits per heavy atom. The molecule has 2 aromatic rings. The summed E-state index contributed by atoms with van der Waals surface area (Å²) in [7, 11) is 2.15. The molecule has 1 saturated heterocycles. The molecule has 5 nitrogen and oxygen atoms in total. The van der Waals surface area contributed by atoms with Gasteiger partial charge in [0.2, 0.25) is 0 Å². The van der Waals surface area contributed by atoms with Gasteiger partial charge in [-0.15, -0.1) is 0 Å². The average molecular weight is 326 g/mol. The highest BCUT2D eigenvalue weighted by Gasteiger charge is 2.27. The molecule has 3 heterocycles. The molecule has 0 saturated carbocycles. The van der Waals surface area contributed by atoms with Crippen LogP contribution in [0, 0.1) is 6.92 Å². The van der Waals surface area contributed by atoms with E-state index in [2.05, 4.69) is 28.0 Å². The first-order valence-electron chi connectivity index (χ1n) is 8.68. The minimum Gasteiger partial charge on any atom is -0.357 e. The quantitative estimate of drug-likeness (QED) is 0.918. The van der Waals surface area contributed by atoms with Crippen LogP contribution in [0.5, 0.6) is 0 Å². The van der Waals surface area contributed by atoms with Crippen molar-refractivity contribution in [2.75, 3.05) is 26.7 Å². The van der Waals surface area contributed by atoms with Crippen molar-refractivity contribution >= 4 is 5.91 Å². The molecule has 1 amide bonds. The number of carbonyl (C=O) groups excluding carboxylic acids is 1. The van der Waals surface area contributed by atoms with Crippen molar-refractivity contribution in [1.29, 1.82) is 0 Å². The fraction of sp³-hybridized carbons (Fsp3) is 0.474.